The lowest BCUT2D eigenvalue weighted by Gasteiger charge is -2.23. The molecule has 0 aromatic rings. The normalized spacial score (nSPS) is 19.9. The summed E-state index contributed by atoms with van der Waals surface area (Å²) in [4.78, 5) is 22.3. The van der Waals surface area contributed by atoms with Crippen LogP contribution in [0.4, 0.5) is 4.79 Å². The number of carbonyl (C=O) groups excluding carboxylic acids is 1. The number of hydrogen-bond acceptors (Lipinski definition) is 3. The summed E-state index contributed by atoms with van der Waals surface area (Å²) in [5, 5.41) is 11.6. The zero-order chi connectivity index (χ0) is 13.8. The van der Waals surface area contributed by atoms with E-state index in [4.69, 9.17) is 9.84 Å². The van der Waals surface area contributed by atoms with Crippen LogP contribution in [0.15, 0.2) is 11.6 Å². The summed E-state index contributed by atoms with van der Waals surface area (Å²) in [6.07, 6.45) is 3.46. The maximum atomic E-state index is 11.5. The minimum atomic E-state index is -0.864. The molecule has 0 heterocycles. The first kappa shape index (κ1) is 14.5. The fourth-order valence-electron chi connectivity index (χ4n) is 1.88. The second-order valence-electron chi connectivity index (χ2n) is 5.56. The third kappa shape index (κ3) is 5.21. The highest BCUT2D eigenvalue weighted by molar-refractivity contribution is 5.86. The smallest absolute Gasteiger partial charge is 0.407 e. The molecule has 0 bridgehead atoms. The van der Waals surface area contributed by atoms with E-state index in [0.29, 0.717) is 18.5 Å². The average molecular weight is 255 g/mol. The Morgan fingerprint density at radius 2 is 2.17 bits per heavy atom. The first-order valence-corrected chi connectivity index (χ1v) is 6.17. The molecule has 1 aliphatic rings. The fourth-order valence-corrected chi connectivity index (χ4v) is 1.88. The molecule has 2 N–H and O–H groups in total. The molecule has 1 atom stereocenters. The number of rotatable bonds is 3. The molecule has 0 aromatic carbocycles. The Bertz CT molecular complexity index is 354. The van der Waals surface area contributed by atoms with Crippen LogP contribution in [0.2, 0.25) is 0 Å². The molecule has 102 valence electrons. The Kier molecular flexibility index (Phi) is 4.76. The minimum absolute atomic E-state index is 0.175. The van der Waals surface area contributed by atoms with Gasteiger partial charge in [0.2, 0.25) is 0 Å². The Hall–Kier alpha value is -1.52. The lowest BCUT2D eigenvalue weighted by Crippen LogP contribution is -2.36. The summed E-state index contributed by atoms with van der Waals surface area (Å²) in [7, 11) is 0. The van der Waals surface area contributed by atoms with Crippen molar-refractivity contribution < 1.29 is 19.4 Å². The Balaban J connectivity index is 2.35. The molecule has 5 heteroatoms. The van der Waals surface area contributed by atoms with Crippen LogP contribution in [-0.2, 0) is 9.53 Å². The van der Waals surface area contributed by atoms with Crippen LogP contribution in [0, 0.1) is 5.92 Å². The molecule has 0 aliphatic heterocycles. The van der Waals surface area contributed by atoms with E-state index in [1.165, 1.54) is 0 Å². The Morgan fingerprint density at radius 1 is 1.50 bits per heavy atom. The van der Waals surface area contributed by atoms with E-state index >= 15 is 0 Å². The summed E-state index contributed by atoms with van der Waals surface area (Å²) in [5.41, 5.74) is -0.0692. The molecule has 0 saturated heterocycles. The molecule has 0 fully saturated rings. The highest BCUT2D eigenvalue weighted by atomic mass is 16.6. The zero-order valence-corrected chi connectivity index (χ0v) is 11.2. The van der Waals surface area contributed by atoms with Gasteiger partial charge in [0.1, 0.15) is 5.60 Å². The largest absolute Gasteiger partial charge is 0.478 e. The van der Waals surface area contributed by atoms with Crippen LogP contribution < -0.4 is 5.32 Å². The quantitative estimate of drug-likeness (QED) is 0.811. The molecule has 1 aliphatic carbocycles. The van der Waals surface area contributed by atoms with E-state index in [1.54, 1.807) is 26.8 Å². The van der Waals surface area contributed by atoms with E-state index < -0.39 is 17.7 Å². The number of allylic oxidation sites excluding steroid dienone is 1. The molecule has 0 radical (unpaired) electrons. The minimum Gasteiger partial charge on any atom is -0.478 e. The van der Waals surface area contributed by atoms with Gasteiger partial charge in [-0.05, 0) is 46.0 Å². The van der Waals surface area contributed by atoms with Crippen molar-refractivity contribution in [2.75, 3.05) is 6.54 Å². The van der Waals surface area contributed by atoms with Gasteiger partial charge >= 0.3 is 12.1 Å². The highest BCUT2D eigenvalue weighted by Crippen LogP contribution is 2.23. The number of amides is 1. The van der Waals surface area contributed by atoms with Gasteiger partial charge in [-0.1, -0.05) is 6.08 Å². The number of nitrogens with one attached hydrogen (secondary N) is 1. The van der Waals surface area contributed by atoms with Crippen molar-refractivity contribution >= 4 is 12.1 Å². The summed E-state index contributed by atoms with van der Waals surface area (Å²) >= 11 is 0. The highest BCUT2D eigenvalue weighted by Gasteiger charge is 2.21. The maximum Gasteiger partial charge on any atom is 0.407 e. The molecular formula is C13H21NO4. The number of aliphatic carboxylic acids is 1. The van der Waals surface area contributed by atoms with Crippen molar-refractivity contribution in [2.45, 2.75) is 45.6 Å². The van der Waals surface area contributed by atoms with Gasteiger partial charge in [-0.25, -0.2) is 9.59 Å². The van der Waals surface area contributed by atoms with Gasteiger partial charge in [0.05, 0.1) is 0 Å². The second kappa shape index (κ2) is 5.89. The van der Waals surface area contributed by atoms with Crippen molar-refractivity contribution in [3.63, 3.8) is 0 Å². The Morgan fingerprint density at radius 3 is 2.72 bits per heavy atom. The summed E-state index contributed by atoms with van der Waals surface area (Å²) in [6.45, 7) is 5.87. The van der Waals surface area contributed by atoms with Crippen molar-refractivity contribution in [3.8, 4) is 0 Å². The number of carbonyl (C=O) groups is 2. The Labute approximate surface area is 107 Å². The van der Waals surface area contributed by atoms with Gasteiger partial charge in [0, 0.05) is 12.1 Å². The third-order valence-corrected chi connectivity index (χ3v) is 2.68. The number of alkyl carbamates (subject to hydrolysis) is 1. The SMILES string of the molecule is CC(C)(C)OC(=O)NC[C@@H]1CCC=C(C(=O)O)C1. The van der Waals surface area contributed by atoms with Crippen LogP contribution in [-0.4, -0.2) is 29.3 Å². The molecular weight excluding hydrogens is 234 g/mol. The number of hydrogen-bond donors (Lipinski definition) is 2. The van der Waals surface area contributed by atoms with Gasteiger partial charge < -0.3 is 15.2 Å². The molecule has 0 aromatic heterocycles. The number of carboxylic acids is 1. The third-order valence-electron chi connectivity index (χ3n) is 2.68. The lowest BCUT2D eigenvalue weighted by atomic mass is 9.89. The van der Waals surface area contributed by atoms with E-state index in [2.05, 4.69) is 5.32 Å². The van der Waals surface area contributed by atoms with Gasteiger partial charge in [0.15, 0.2) is 0 Å². The molecule has 0 saturated carbocycles. The number of carboxylic acid groups (broad SMARTS) is 1. The van der Waals surface area contributed by atoms with Crippen LogP contribution in [0.3, 0.4) is 0 Å². The predicted molar refractivity (Wildman–Crippen MR) is 67.3 cm³/mol. The topological polar surface area (TPSA) is 75.6 Å². The molecule has 0 spiro atoms. The lowest BCUT2D eigenvalue weighted by molar-refractivity contribution is -0.133. The first-order valence-electron chi connectivity index (χ1n) is 6.17. The van der Waals surface area contributed by atoms with Gasteiger partial charge in [-0.15, -0.1) is 0 Å². The van der Waals surface area contributed by atoms with Gasteiger partial charge in [-0.3, -0.25) is 0 Å². The molecule has 18 heavy (non-hydrogen) atoms. The summed E-state index contributed by atoms with van der Waals surface area (Å²) in [6, 6.07) is 0. The zero-order valence-electron chi connectivity index (χ0n) is 11.2. The van der Waals surface area contributed by atoms with Gasteiger partial charge in [-0.2, -0.15) is 0 Å². The first-order chi connectivity index (χ1) is 8.28. The van der Waals surface area contributed by atoms with Crippen LogP contribution in [0.1, 0.15) is 40.0 Å². The van der Waals surface area contributed by atoms with Crippen LogP contribution >= 0.6 is 0 Å². The standard InChI is InChI=1S/C13H21NO4/c1-13(2,3)18-12(17)14-8-9-5-4-6-10(7-9)11(15)16/h6,9H,4-5,7-8H2,1-3H3,(H,14,17)(H,15,16)/t9-/m1/s1. The predicted octanol–water partition coefficient (Wildman–Crippen LogP) is 2.32. The van der Waals surface area contributed by atoms with Crippen molar-refractivity contribution in [1.82, 2.24) is 5.32 Å². The van der Waals surface area contributed by atoms with Crippen molar-refractivity contribution in [1.29, 1.82) is 0 Å². The molecule has 0 unspecified atom stereocenters. The fraction of sp³-hybridized carbons (Fsp3) is 0.692. The average Bonchev–Trinajstić information content (AvgIpc) is 2.24. The van der Waals surface area contributed by atoms with E-state index in [9.17, 15) is 9.59 Å². The van der Waals surface area contributed by atoms with Gasteiger partial charge in [0.25, 0.3) is 0 Å². The van der Waals surface area contributed by atoms with E-state index in [0.717, 1.165) is 12.8 Å². The molecule has 5 nitrogen and oxygen atoms in total. The summed E-state index contributed by atoms with van der Waals surface area (Å²) < 4.78 is 5.12. The summed E-state index contributed by atoms with van der Waals surface area (Å²) in [5.74, 6) is -0.689. The monoisotopic (exact) mass is 255 g/mol. The van der Waals surface area contributed by atoms with Crippen molar-refractivity contribution in [3.05, 3.63) is 11.6 Å². The second-order valence-corrected chi connectivity index (χ2v) is 5.56. The van der Waals surface area contributed by atoms with Crippen LogP contribution in [0.25, 0.3) is 0 Å². The molecule has 1 rings (SSSR count). The number of ether oxygens (including phenoxy) is 1. The van der Waals surface area contributed by atoms with Crippen molar-refractivity contribution in [2.24, 2.45) is 5.92 Å². The van der Waals surface area contributed by atoms with E-state index in [1.807, 2.05) is 0 Å². The molecule has 1 amide bonds. The van der Waals surface area contributed by atoms with Crippen LogP contribution in [0.5, 0.6) is 0 Å². The maximum absolute atomic E-state index is 11.5. The van der Waals surface area contributed by atoms with E-state index in [-0.39, 0.29) is 5.92 Å².